The summed E-state index contributed by atoms with van der Waals surface area (Å²) in [4.78, 5) is 25.2. The van der Waals surface area contributed by atoms with E-state index in [9.17, 15) is 27.2 Å². The SMILES string of the molecule is CCOC(=O)C1=C(C)NC(CF)=C(C(=O)OCC)C1c1ccccc1C(F)(F)F. The first kappa shape index (κ1) is 22.4. The number of esters is 2. The van der Waals surface area contributed by atoms with Gasteiger partial charge in [-0.3, -0.25) is 0 Å². The van der Waals surface area contributed by atoms with Crippen LogP contribution < -0.4 is 5.32 Å². The maximum atomic E-state index is 13.7. The van der Waals surface area contributed by atoms with Crippen LogP contribution in [0.15, 0.2) is 46.8 Å². The van der Waals surface area contributed by atoms with E-state index in [1.165, 1.54) is 32.9 Å². The average molecular weight is 415 g/mol. The van der Waals surface area contributed by atoms with Gasteiger partial charge in [-0.05, 0) is 32.4 Å². The number of hydrogen-bond acceptors (Lipinski definition) is 5. The first-order valence-electron chi connectivity index (χ1n) is 8.94. The van der Waals surface area contributed by atoms with Crippen LogP contribution in [0.4, 0.5) is 17.6 Å². The van der Waals surface area contributed by atoms with Gasteiger partial charge in [0.25, 0.3) is 0 Å². The highest BCUT2D eigenvalue weighted by Crippen LogP contribution is 2.44. The van der Waals surface area contributed by atoms with E-state index in [1.54, 1.807) is 0 Å². The van der Waals surface area contributed by atoms with Crippen LogP contribution >= 0.6 is 0 Å². The molecule has 1 aromatic rings. The van der Waals surface area contributed by atoms with Crippen LogP contribution in [0.25, 0.3) is 0 Å². The molecule has 0 saturated carbocycles. The molecule has 0 amide bonds. The van der Waals surface area contributed by atoms with Crippen molar-refractivity contribution < 1.29 is 36.6 Å². The number of rotatable bonds is 6. The summed E-state index contributed by atoms with van der Waals surface area (Å²) < 4.78 is 64.7. The number of carbonyl (C=O) groups is 2. The van der Waals surface area contributed by atoms with Crippen molar-refractivity contribution in [1.82, 2.24) is 5.32 Å². The Labute approximate surface area is 165 Å². The summed E-state index contributed by atoms with van der Waals surface area (Å²) in [5, 5.41) is 2.60. The lowest BCUT2D eigenvalue weighted by atomic mass is 9.78. The van der Waals surface area contributed by atoms with Gasteiger partial charge >= 0.3 is 18.1 Å². The summed E-state index contributed by atoms with van der Waals surface area (Å²) in [6, 6.07) is 4.54. The Morgan fingerprint density at radius 1 is 1.03 bits per heavy atom. The summed E-state index contributed by atoms with van der Waals surface area (Å²) >= 11 is 0. The number of allylic oxidation sites excluding steroid dienone is 2. The minimum atomic E-state index is -4.76. The van der Waals surface area contributed by atoms with Crippen molar-refractivity contribution in [3.8, 4) is 0 Å². The van der Waals surface area contributed by atoms with Crippen LogP contribution in [0.1, 0.15) is 37.8 Å². The molecule has 1 aliphatic rings. The van der Waals surface area contributed by atoms with Gasteiger partial charge < -0.3 is 14.8 Å². The third kappa shape index (κ3) is 4.60. The lowest BCUT2D eigenvalue weighted by Crippen LogP contribution is -2.34. The molecule has 1 unspecified atom stereocenters. The molecule has 0 aliphatic carbocycles. The molecule has 0 saturated heterocycles. The quantitative estimate of drug-likeness (QED) is 0.562. The maximum absolute atomic E-state index is 13.7. The minimum Gasteiger partial charge on any atom is -0.463 e. The molecule has 9 heteroatoms. The highest BCUT2D eigenvalue weighted by molar-refractivity contribution is 6.00. The van der Waals surface area contributed by atoms with Crippen molar-refractivity contribution in [2.45, 2.75) is 32.9 Å². The van der Waals surface area contributed by atoms with Crippen LogP contribution in [-0.4, -0.2) is 31.8 Å². The van der Waals surface area contributed by atoms with Crippen molar-refractivity contribution >= 4 is 11.9 Å². The largest absolute Gasteiger partial charge is 0.463 e. The van der Waals surface area contributed by atoms with E-state index in [1.807, 2.05) is 0 Å². The topological polar surface area (TPSA) is 64.6 Å². The Morgan fingerprint density at radius 3 is 2.10 bits per heavy atom. The molecule has 1 heterocycles. The average Bonchev–Trinajstić information content (AvgIpc) is 2.66. The molecule has 1 aliphatic heterocycles. The van der Waals surface area contributed by atoms with E-state index in [0.717, 1.165) is 12.1 Å². The summed E-state index contributed by atoms with van der Waals surface area (Å²) in [7, 11) is 0. The first-order valence-corrected chi connectivity index (χ1v) is 8.94. The first-order chi connectivity index (χ1) is 13.7. The van der Waals surface area contributed by atoms with Crippen molar-refractivity contribution in [3.63, 3.8) is 0 Å². The standard InChI is InChI=1S/C20H21F4NO4/c1-4-28-18(26)15-11(3)25-14(10-21)17(19(27)29-5-2)16(15)12-8-6-7-9-13(12)20(22,23)24/h6-9,16,25H,4-5,10H2,1-3H3. The van der Waals surface area contributed by atoms with Gasteiger partial charge in [0.1, 0.15) is 6.67 Å². The summed E-state index contributed by atoms with van der Waals surface area (Å²) in [5.74, 6) is -3.42. The van der Waals surface area contributed by atoms with Gasteiger partial charge in [-0.25, -0.2) is 14.0 Å². The van der Waals surface area contributed by atoms with Gasteiger partial charge in [0, 0.05) is 5.70 Å². The summed E-state index contributed by atoms with van der Waals surface area (Å²) in [5.41, 5.74) is -2.15. The number of ether oxygens (including phenoxy) is 2. The number of hydrogen-bond donors (Lipinski definition) is 1. The summed E-state index contributed by atoms with van der Waals surface area (Å²) in [6.45, 7) is 3.19. The van der Waals surface area contributed by atoms with Gasteiger partial charge in [-0.1, -0.05) is 18.2 Å². The fraction of sp³-hybridized carbons (Fsp3) is 0.400. The predicted molar refractivity (Wildman–Crippen MR) is 96.3 cm³/mol. The van der Waals surface area contributed by atoms with Crippen LogP contribution in [0.2, 0.25) is 0 Å². The molecule has 0 bridgehead atoms. The molecule has 5 nitrogen and oxygen atoms in total. The Kier molecular flexibility index (Phi) is 7.05. The summed E-state index contributed by atoms with van der Waals surface area (Å²) in [6.07, 6.45) is -4.76. The number of carbonyl (C=O) groups excluding carboxylic acids is 2. The molecule has 2 rings (SSSR count). The Morgan fingerprint density at radius 2 is 1.59 bits per heavy atom. The molecule has 1 atom stereocenters. The molecule has 0 aromatic heterocycles. The van der Waals surface area contributed by atoms with Crippen molar-refractivity contribution in [1.29, 1.82) is 0 Å². The molecule has 1 aromatic carbocycles. The van der Waals surface area contributed by atoms with Gasteiger partial charge in [-0.2, -0.15) is 13.2 Å². The second kappa shape index (κ2) is 9.11. The number of dihydropyridines is 1. The zero-order chi connectivity index (χ0) is 21.8. The van der Waals surface area contributed by atoms with Crippen LogP contribution in [-0.2, 0) is 25.2 Å². The van der Waals surface area contributed by atoms with Crippen LogP contribution in [0.5, 0.6) is 0 Å². The normalized spacial score (nSPS) is 17.1. The molecule has 0 spiro atoms. The second-order valence-electron chi connectivity index (χ2n) is 6.15. The predicted octanol–water partition coefficient (Wildman–Crippen LogP) is 4.02. The zero-order valence-corrected chi connectivity index (χ0v) is 16.2. The van der Waals surface area contributed by atoms with Crippen LogP contribution in [0, 0.1) is 0 Å². The van der Waals surface area contributed by atoms with Crippen molar-refractivity contribution in [2.24, 2.45) is 0 Å². The van der Waals surface area contributed by atoms with Gasteiger partial charge in [0.15, 0.2) is 0 Å². The highest BCUT2D eigenvalue weighted by atomic mass is 19.4. The fourth-order valence-electron chi connectivity index (χ4n) is 3.25. The fourth-order valence-corrected chi connectivity index (χ4v) is 3.25. The van der Waals surface area contributed by atoms with E-state index >= 15 is 0 Å². The lowest BCUT2D eigenvalue weighted by Gasteiger charge is -2.32. The zero-order valence-electron chi connectivity index (χ0n) is 16.2. The smallest absolute Gasteiger partial charge is 0.416 e. The highest BCUT2D eigenvalue weighted by Gasteiger charge is 2.43. The second-order valence-corrected chi connectivity index (χ2v) is 6.15. The Balaban J connectivity index is 2.83. The Hall–Kier alpha value is -2.84. The lowest BCUT2D eigenvalue weighted by molar-refractivity contribution is -0.142. The number of halogens is 4. The third-order valence-corrected chi connectivity index (χ3v) is 4.35. The number of nitrogens with one attached hydrogen (secondary N) is 1. The molecule has 158 valence electrons. The van der Waals surface area contributed by atoms with E-state index < -0.39 is 36.3 Å². The molecule has 0 fully saturated rings. The number of benzene rings is 1. The monoisotopic (exact) mass is 415 g/mol. The van der Waals surface area contributed by atoms with Gasteiger partial charge in [0.05, 0.1) is 41.5 Å². The molecule has 29 heavy (non-hydrogen) atoms. The molecule has 0 radical (unpaired) electrons. The number of alkyl halides is 4. The Bertz CT molecular complexity index is 858. The molecule has 1 N–H and O–H groups in total. The molecular weight excluding hydrogens is 394 g/mol. The van der Waals surface area contributed by atoms with E-state index in [-0.39, 0.29) is 41.3 Å². The molecular formula is C20H21F4NO4. The van der Waals surface area contributed by atoms with E-state index in [0.29, 0.717) is 0 Å². The maximum Gasteiger partial charge on any atom is 0.416 e. The van der Waals surface area contributed by atoms with Gasteiger partial charge in [-0.15, -0.1) is 0 Å². The van der Waals surface area contributed by atoms with Gasteiger partial charge in [0.2, 0.25) is 0 Å². The van der Waals surface area contributed by atoms with Crippen molar-refractivity contribution in [3.05, 3.63) is 57.9 Å². The van der Waals surface area contributed by atoms with E-state index in [4.69, 9.17) is 9.47 Å². The van der Waals surface area contributed by atoms with Crippen molar-refractivity contribution in [2.75, 3.05) is 19.9 Å². The minimum absolute atomic E-state index is 0.0301. The third-order valence-electron chi connectivity index (χ3n) is 4.35. The van der Waals surface area contributed by atoms with Crippen LogP contribution in [0.3, 0.4) is 0 Å². The van der Waals surface area contributed by atoms with E-state index in [2.05, 4.69) is 5.32 Å².